The predicted octanol–water partition coefficient (Wildman–Crippen LogP) is 3.83. The molecule has 0 saturated heterocycles. The summed E-state index contributed by atoms with van der Waals surface area (Å²) < 4.78 is 5.81. The minimum atomic E-state index is -0.144. The van der Waals surface area contributed by atoms with E-state index in [1.165, 1.54) is 5.56 Å². The Labute approximate surface area is 121 Å². The van der Waals surface area contributed by atoms with Gasteiger partial charge in [0.1, 0.15) is 17.7 Å². The molecule has 0 fully saturated rings. The zero-order valence-electron chi connectivity index (χ0n) is 12.5. The third-order valence-electron chi connectivity index (χ3n) is 2.89. The van der Waals surface area contributed by atoms with Crippen LogP contribution >= 0.6 is 0 Å². The highest BCUT2D eigenvalue weighted by Crippen LogP contribution is 2.19. The lowest BCUT2D eigenvalue weighted by Crippen LogP contribution is -2.22. The molecule has 0 radical (unpaired) electrons. The normalized spacial score (nSPS) is 11.3. The van der Waals surface area contributed by atoms with Crippen molar-refractivity contribution in [3.8, 4) is 5.75 Å². The molecule has 0 bridgehead atoms. The molecular weight excluding hydrogens is 248 g/mol. The Kier molecular flexibility index (Phi) is 4.72. The molecule has 2 aromatic rings. The van der Waals surface area contributed by atoms with E-state index in [-0.39, 0.29) is 5.60 Å². The highest BCUT2D eigenvalue weighted by molar-refractivity contribution is 5.27. The highest BCUT2D eigenvalue weighted by Gasteiger charge is 2.11. The van der Waals surface area contributed by atoms with Crippen molar-refractivity contribution in [3.05, 3.63) is 54.1 Å². The monoisotopic (exact) mass is 270 g/mol. The molecule has 20 heavy (non-hydrogen) atoms. The van der Waals surface area contributed by atoms with Crippen LogP contribution in [0.5, 0.6) is 5.75 Å². The first kappa shape index (κ1) is 14.5. The quantitative estimate of drug-likeness (QED) is 0.828. The van der Waals surface area contributed by atoms with Gasteiger partial charge in [0.05, 0.1) is 0 Å². The minimum Gasteiger partial charge on any atom is -0.488 e. The summed E-state index contributed by atoms with van der Waals surface area (Å²) in [5.74, 6) is 0.928. The molecule has 3 heteroatoms. The molecule has 0 amide bonds. The molecule has 0 aliphatic rings. The van der Waals surface area contributed by atoms with Crippen LogP contribution in [-0.4, -0.2) is 15.6 Å². The van der Waals surface area contributed by atoms with E-state index in [4.69, 9.17) is 4.74 Å². The maximum atomic E-state index is 5.81. The highest BCUT2D eigenvalue weighted by atomic mass is 16.5. The van der Waals surface area contributed by atoms with Crippen LogP contribution in [0.2, 0.25) is 0 Å². The molecule has 1 aromatic carbocycles. The first-order valence-electron chi connectivity index (χ1n) is 7.06. The second kappa shape index (κ2) is 6.51. The molecule has 1 aromatic heterocycles. The molecule has 0 aliphatic heterocycles. The summed E-state index contributed by atoms with van der Waals surface area (Å²) >= 11 is 0. The summed E-state index contributed by atoms with van der Waals surface area (Å²) in [5, 5.41) is 0. The van der Waals surface area contributed by atoms with Crippen LogP contribution in [-0.2, 0) is 12.8 Å². The largest absolute Gasteiger partial charge is 0.488 e. The zero-order valence-corrected chi connectivity index (χ0v) is 12.5. The standard InChI is InChI=1S/C17H22N2O/c1-17(2,3)20-16-9-7-14(8-10-16)5-4-6-15-11-12-18-13-19-15/h7-13H,4-6H2,1-3H3. The van der Waals surface area contributed by atoms with Crippen molar-refractivity contribution >= 4 is 0 Å². The fraction of sp³-hybridized carbons (Fsp3) is 0.412. The Bertz CT molecular complexity index is 515. The van der Waals surface area contributed by atoms with Gasteiger partial charge in [-0.2, -0.15) is 0 Å². The third kappa shape index (κ3) is 5.00. The summed E-state index contributed by atoms with van der Waals surface area (Å²) in [7, 11) is 0. The minimum absolute atomic E-state index is 0.144. The number of ether oxygens (including phenoxy) is 1. The second-order valence-electron chi connectivity index (χ2n) is 5.91. The Morgan fingerprint density at radius 3 is 2.35 bits per heavy atom. The molecule has 106 valence electrons. The SMILES string of the molecule is CC(C)(C)Oc1ccc(CCCc2ccncn2)cc1. The van der Waals surface area contributed by atoms with Gasteiger partial charge >= 0.3 is 0 Å². The van der Waals surface area contributed by atoms with Crippen molar-refractivity contribution < 1.29 is 4.74 Å². The lowest BCUT2D eigenvalue weighted by Gasteiger charge is -2.21. The topological polar surface area (TPSA) is 35.0 Å². The molecule has 0 aliphatic carbocycles. The van der Waals surface area contributed by atoms with Gasteiger partial charge in [0.25, 0.3) is 0 Å². The van der Waals surface area contributed by atoms with Crippen molar-refractivity contribution in [1.29, 1.82) is 0 Å². The maximum absolute atomic E-state index is 5.81. The van der Waals surface area contributed by atoms with Gasteiger partial charge in [-0.05, 0) is 63.8 Å². The van der Waals surface area contributed by atoms with Gasteiger partial charge in [-0.25, -0.2) is 9.97 Å². The first-order chi connectivity index (χ1) is 9.53. The van der Waals surface area contributed by atoms with Crippen molar-refractivity contribution in [1.82, 2.24) is 9.97 Å². The summed E-state index contributed by atoms with van der Waals surface area (Å²) in [5.41, 5.74) is 2.29. The van der Waals surface area contributed by atoms with Crippen LogP contribution in [0.4, 0.5) is 0 Å². The van der Waals surface area contributed by atoms with Crippen LogP contribution in [0.1, 0.15) is 38.4 Å². The number of hydrogen-bond donors (Lipinski definition) is 0. The van der Waals surface area contributed by atoms with Crippen molar-refractivity contribution in [2.24, 2.45) is 0 Å². The van der Waals surface area contributed by atoms with Crippen molar-refractivity contribution in [3.63, 3.8) is 0 Å². The molecule has 1 heterocycles. The van der Waals surface area contributed by atoms with Gasteiger partial charge < -0.3 is 4.74 Å². The lowest BCUT2D eigenvalue weighted by atomic mass is 10.1. The number of nitrogens with zero attached hydrogens (tertiary/aromatic N) is 2. The van der Waals surface area contributed by atoms with E-state index in [0.29, 0.717) is 0 Å². The average Bonchev–Trinajstić information content (AvgIpc) is 2.40. The van der Waals surface area contributed by atoms with E-state index in [0.717, 1.165) is 30.7 Å². The molecule has 0 saturated carbocycles. The number of benzene rings is 1. The molecule has 0 spiro atoms. The van der Waals surface area contributed by atoms with Gasteiger partial charge in [0.15, 0.2) is 0 Å². The molecule has 0 N–H and O–H groups in total. The van der Waals surface area contributed by atoms with Gasteiger partial charge in [-0.1, -0.05) is 12.1 Å². The number of aryl methyl sites for hydroxylation is 2. The number of rotatable bonds is 5. The third-order valence-corrected chi connectivity index (χ3v) is 2.89. The Hall–Kier alpha value is -1.90. The van der Waals surface area contributed by atoms with Crippen LogP contribution in [0.3, 0.4) is 0 Å². The molecule has 2 rings (SSSR count). The van der Waals surface area contributed by atoms with Crippen LogP contribution in [0.15, 0.2) is 42.9 Å². The van der Waals surface area contributed by atoms with Crippen LogP contribution in [0.25, 0.3) is 0 Å². The van der Waals surface area contributed by atoms with Crippen LogP contribution in [0, 0.1) is 0 Å². The summed E-state index contributed by atoms with van der Waals surface area (Å²) in [6.45, 7) is 6.17. The smallest absolute Gasteiger partial charge is 0.120 e. The first-order valence-corrected chi connectivity index (χ1v) is 7.06. The van der Waals surface area contributed by atoms with Crippen molar-refractivity contribution in [2.75, 3.05) is 0 Å². The van der Waals surface area contributed by atoms with E-state index in [1.807, 2.05) is 18.2 Å². The fourth-order valence-electron chi connectivity index (χ4n) is 2.02. The lowest BCUT2D eigenvalue weighted by molar-refractivity contribution is 0.131. The van der Waals surface area contributed by atoms with E-state index >= 15 is 0 Å². The van der Waals surface area contributed by atoms with Gasteiger partial charge in [0, 0.05) is 11.9 Å². The van der Waals surface area contributed by atoms with E-state index < -0.39 is 0 Å². The van der Waals surface area contributed by atoms with E-state index in [9.17, 15) is 0 Å². The Morgan fingerprint density at radius 2 is 1.75 bits per heavy atom. The molecule has 0 unspecified atom stereocenters. The predicted molar refractivity (Wildman–Crippen MR) is 80.9 cm³/mol. The number of hydrogen-bond acceptors (Lipinski definition) is 3. The molecule has 0 atom stereocenters. The van der Waals surface area contributed by atoms with E-state index in [2.05, 4.69) is 42.9 Å². The summed E-state index contributed by atoms with van der Waals surface area (Å²) in [6.07, 6.45) is 6.54. The maximum Gasteiger partial charge on any atom is 0.120 e. The second-order valence-corrected chi connectivity index (χ2v) is 5.91. The number of aromatic nitrogens is 2. The summed E-state index contributed by atoms with van der Waals surface area (Å²) in [4.78, 5) is 8.16. The molecule has 3 nitrogen and oxygen atoms in total. The van der Waals surface area contributed by atoms with Crippen molar-refractivity contribution in [2.45, 2.75) is 45.6 Å². The Morgan fingerprint density at radius 1 is 1.00 bits per heavy atom. The van der Waals surface area contributed by atoms with Gasteiger partial charge in [0.2, 0.25) is 0 Å². The van der Waals surface area contributed by atoms with Gasteiger partial charge in [-0.15, -0.1) is 0 Å². The zero-order chi connectivity index (χ0) is 14.4. The Balaban J connectivity index is 1.82. The van der Waals surface area contributed by atoms with Crippen LogP contribution < -0.4 is 4.74 Å². The summed E-state index contributed by atoms with van der Waals surface area (Å²) in [6, 6.07) is 10.3. The fourth-order valence-corrected chi connectivity index (χ4v) is 2.02. The van der Waals surface area contributed by atoms with E-state index in [1.54, 1.807) is 12.5 Å². The molecular formula is C17H22N2O. The average molecular weight is 270 g/mol. The van der Waals surface area contributed by atoms with Gasteiger partial charge in [-0.3, -0.25) is 0 Å².